The Bertz CT molecular complexity index is 382. The Labute approximate surface area is 82.9 Å². The molecule has 0 N–H and O–H groups in total. The van der Waals surface area contributed by atoms with Crippen LogP contribution in [0.15, 0.2) is 12.1 Å². The van der Waals surface area contributed by atoms with Crippen LogP contribution >= 0.6 is 0 Å². The lowest BCUT2D eigenvalue weighted by molar-refractivity contribution is 0.385. The van der Waals surface area contributed by atoms with Crippen LogP contribution in [0.25, 0.3) is 0 Å². The fourth-order valence-corrected chi connectivity index (χ4v) is 1.36. The third-order valence-corrected chi connectivity index (χ3v) is 2.20. The number of hydrogen-bond donors (Lipinski definition) is 0. The van der Waals surface area contributed by atoms with Crippen LogP contribution in [-0.4, -0.2) is 7.11 Å². The highest BCUT2D eigenvalue weighted by Crippen LogP contribution is 2.26. The molecule has 0 spiro atoms. The van der Waals surface area contributed by atoms with Crippen molar-refractivity contribution >= 4 is 0 Å². The van der Waals surface area contributed by atoms with Gasteiger partial charge in [-0.25, -0.2) is 4.39 Å². The topological polar surface area (TPSA) is 33.0 Å². The van der Waals surface area contributed by atoms with E-state index < -0.39 is 5.82 Å². The highest BCUT2D eigenvalue weighted by atomic mass is 19.1. The van der Waals surface area contributed by atoms with Crippen LogP contribution in [0.5, 0.6) is 5.75 Å². The van der Waals surface area contributed by atoms with E-state index >= 15 is 0 Å². The summed E-state index contributed by atoms with van der Waals surface area (Å²) in [6.07, 6.45) is 0. The van der Waals surface area contributed by atoms with Gasteiger partial charge in [0, 0.05) is 0 Å². The molecule has 0 heterocycles. The molecule has 0 bridgehead atoms. The van der Waals surface area contributed by atoms with E-state index in [0.29, 0.717) is 5.56 Å². The lowest BCUT2D eigenvalue weighted by Gasteiger charge is -2.10. The van der Waals surface area contributed by atoms with Crippen molar-refractivity contribution in [2.75, 3.05) is 7.11 Å². The summed E-state index contributed by atoms with van der Waals surface area (Å²) >= 11 is 0. The molecule has 0 aromatic heterocycles. The monoisotopic (exact) mass is 193 g/mol. The predicted octanol–water partition coefficient (Wildman–Crippen LogP) is 2.77. The van der Waals surface area contributed by atoms with Crippen molar-refractivity contribution in [3.05, 3.63) is 29.1 Å². The molecule has 0 amide bonds. The number of benzene rings is 1. The number of rotatable bonds is 2. The first-order chi connectivity index (χ1) is 6.60. The molecule has 1 aromatic rings. The molecular formula is C11H12FNO. The maximum absolute atomic E-state index is 13.3. The Morgan fingerprint density at radius 3 is 2.64 bits per heavy atom. The second kappa shape index (κ2) is 4.10. The van der Waals surface area contributed by atoms with Gasteiger partial charge in [0.15, 0.2) is 11.6 Å². The molecule has 1 atom stereocenters. The number of methoxy groups -OCH3 is 1. The van der Waals surface area contributed by atoms with Gasteiger partial charge < -0.3 is 4.74 Å². The van der Waals surface area contributed by atoms with E-state index in [1.807, 2.05) is 6.92 Å². The fourth-order valence-electron chi connectivity index (χ4n) is 1.36. The Hall–Kier alpha value is -1.56. The summed E-state index contributed by atoms with van der Waals surface area (Å²) in [5.41, 5.74) is 1.59. The summed E-state index contributed by atoms with van der Waals surface area (Å²) in [6, 6.07) is 5.05. The van der Waals surface area contributed by atoms with Crippen molar-refractivity contribution in [2.45, 2.75) is 19.8 Å². The summed E-state index contributed by atoms with van der Waals surface area (Å²) in [5.74, 6) is -0.498. The number of nitriles is 1. The molecule has 74 valence electrons. The normalized spacial score (nSPS) is 11.9. The summed E-state index contributed by atoms with van der Waals surface area (Å²) < 4.78 is 18.1. The van der Waals surface area contributed by atoms with Gasteiger partial charge in [0.2, 0.25) is 0 Å². The summed E-state index contributed by atoms with van der Waals surface area (Å²) in [5, 5.41) is 8.73. The van der Waals surface area contributed by atoms with Gasteiger partial charge in [-0.05, 0) is 37.1 Å². The molecule has 0 fully saturated rings. The maximum atomic E-state index is 13.3. The Balaban J connectivity index is 3.23. The van der Waals surface area contributed by atoms with Crippen LogP contribution in [0, 0.1) is 24.1 Å². The Morgan fingerprint density at radius 2 is 2.14 bits per heavy atom. The van der Waals surface area contributed by atoms with Crippen molar-refractivity contribution in [3.8, 4) is 11.8 Å². The molecule has 2 nitrogen and oxygen atoms in total. The zero-order valence-electron chi connectivity index (χ0n) is 8.47. The standard InChI is InChI=1S/C11H12FNO/c1-7-4-11(14-3)10(12)5-9(7)8(2)6-13/h4-5,8H,1-3H3. The van der Waals surface area contributed by atoms with Crippen LogP contribution in [0.1, 0.15) is 24.0 Å². The van der Waals surface area contributed by atoms with Crippen LogP contribution in [0.2, 0.25) is 0 Å². The van der Waals surface area contributed by atoms with Crippen molar-refractivity contribution < 1.29 is 9.13 Å². The summed E-state index contributed by atoms with van der Waals surface area (Å²) in [4.78, 5) is 0. The second-order valence-corrected chi connectivity index (χ2v) is 3.19. The first-order valence-electron chi connectivity index (χ1n) is 4.33. The lowest BCUT2D eigenvalue weighted by atomic mass is 9.97. The molecule has 1 aromatic carbocycles. The third-order valence-electron chi connectivity index (χ3n) is 2.20. The largest absolute Gasteiger partial charge is 0.494 e. The Kier molecular flexibility index (Phi) is 3.08. The third kappa shape index (κ3) is 1.85. The number of hydrogen-bond acceptors (Lipinski definition) is 2. The maximum Gasteiger partial charge on any atom is 0.165 e. The number of nitrogens with zero attached hydrogens (tertiary/aromatic N) is 1. The molecule has 0 radical (unpaired) electrons. The van der Waals surface area contributed by atoms with Crippen molar-refractivity contribution in [1.29, 1.82) is 5.26 Å². The van der Waals surface area contributed by atoms with Gasteiger partial charge in [0.1, 0.15) is 0 Å². The van der Waals surface area contributed by atoms with Crippen LogP contribution in [0.4, 0.5) is 4.39 Å². The smallest absolute Gasteiger partial charge is 0.165 e. The molecule has 0 saturated carbocycles. The molecule has 0 saturated heterocycles. The molecule has 14 heavy (non-hydrogen) atoms. The molecule has 3 heteroatoms. The molecule has 0 aliphatic heterocycles. The SMILES string of the molecule is COc1cc(C)c(C(C)C#N)cc1F. The molecule has 1 rings (SSSR count). The zero-order valence-corrected chi connectivity index (χ0v) is 8.47. The first-order valence-corrected chi connectivity index (χ1v) is 4.33. The minimum Gasteiger partial charge on any atom is -0.494 e. The van der Waals surface area contributed by atoms with Gasteiger partial charge in [0.05, 0.1) is 19.1 Å². The number of ether oxygens (including phenoxy) is 1. The van der Waals surface area contributed by atoms with E-state index in [9.17, 15) is 4.39 Å². The number of halogens is 1. The lowest BCUT2D eigenvalue weighted by Crippen LogP contribution is -1.97. The minimum absolute atomic E-state index is 0.219. The van der Waals surface area contributed by atoms with E-state index in [0.717, 1.165) is 5.56 Å². The van der Waals surface area contributed by atoms with Gasteiger partial charge in [-0.3, -0.25) is 0 Å². The van der Waals surface area contributed by atoms with Crippen molar-refractivity contribution in [3.63, 3.8) is 0 Å². The van der Waals surface area contributed by atoms with Gasteiger partial charge in [-0.15, -0.1) is 0 Å². The highest BCUT2D eigenvalue weighted by Gasteiger charge is 2.12. The Morgan fingerprint density at radius 1 is 1.50 bits per heavy atom. The molecule has 1 unspecified atom stereocenters. The van der Waals surface area contributed by atoms with Crippen molar-refractivity contribution in [1.82, 2.24) is 0 Å². The van der Waals surface area contributed by atoms with Crippen LogP contribution in [-0.2, 0) is 0 Å². The van der Waals surface area contributed by atoms with Gasteiger partial charge in [0.25, 0.3) is 0 Å². The van der Waals surface area contributed by atoms with E-state index in [1.54, 1.807) is 13.0 Å². The average molecular weight is 193 g/mol. The van der Waals surface area contributed by atoms with E-state index in [1.165, 1.54) is 13.2 Å². The van der Waals surface area contributed by atoms with E-state index in [2.05, 4.69) is 6.07 Å². The molecule has 0 aliphatic rings. The van der Waals surface area contributed by atoms with Gasteiger partial charge in [-0.1, -0.05) is 0 Å². The zero-order chi connectivity index (χ0) is 10.7. The second-order valence-electron chi connectivity index (χ2n) is 3.19. The quantitative estimate of drug-likeness (QED) is 0.723. The van der Waals surface area contributed by atoms with E-state index in [4.69, 9.17) is 10.00 Å². The van der Waals surface area contributed by atoms with Crippen molar-refractivity contribution in [2.24, 2.45) is 0 Å². The molecule has 0 aliphatic carbocycles. The predicted molar refractivity (Wildman–Crippen MR) is 51.7 cm³/mol. The number of aryl methyl sites for hydroxylation is 1. The first kappa shape index (κ1) is 10.5. The molecular weight excluding hydrogens is 181 g/mol. The summed E-state index contributed by atoms with van der Waals surface area (Å²) in [6.45, 7) is 3.58. The highest BCUT2D eigenvalue weighted by molar-refractivity contribution is 5.39. The van der Waals surface area contributed by atoms with Gasteiger partial charge >= 0.3 is 0 Å². The average Bonchev–Trinajstić information content (AvgIpc) is 2.19. The minimum atomic E-state index is -0.421. The van der Waals surface area contributed by atoms with Gasteiger partial charge in [-0.2, -0.15) is 5.26 Å². The van der Waals surface area contributed by atoms with E-state index in [-0.39, 0.29) is 11.7 Å². The van der Waals surface area contributed by atoms with Crippen LogP contribution in [0.3, 0.4) is 0 Å². The summed E-state index contributed by atoms with van der Waals surface area (Å²) in [7, 11) is 1.42. The van der Waals surface area contributed by atoms with Crippen LogP contribution < -0.4 is 4.74 Å². The fraction of sp³-hybridized carbons (Fsp3) is 0.364.